The third kappa shape index (κ3) is 2.94. The van der Waals surface area contributed by atoms with Crippen LogP contribution in [0.5, 0.6) is 0 Å². The molecule has 1 atom stereocenters. The highest BCUT2D eigenvalue weighted by atomic mass is 35.5. The maximum atomic E-state index is 11.1. The Bertz CT molecular complexity index is 409. The zero-order valence-corrected chi connectivity index (χ0v) is 11.5. The number of aryl methyl sites for hydroxylation is 1. The maximum absolute atomic E-state index is 11.1. The van der Waals surface area contributed by atoms with Crippen LogP contribution in [0.15, 0.2) is 0 Å². The van der Waals surface area contributed by atoms with Crippen molar-refractivity contribution in [1.82, 2.24) is 9.97 Å². The zero-order valence-electron chi connectivity index (χ0n) is 10.7. The minimum Gasteiger partial charge on any atom is -0.353 e. The lowest BCUT2D eigenvalue weighted by Gasteiger charge is -2.29. The number of anilines is 1. The van der Waals surface area contributed by atoms with Crippen LogP contribution in [0.2, 0.25) is 5.15 Å². The number of rotatable bonds is 5. The third-order valence-corrected chi connectivity index (χ3v) is 3.13. The Kier molecular flexibility index (Phi) is 4.87. The third-order valence-electron chi connectivity index (χ3n) is 2.84. The van der Waals surface area contributed by atoms with Crippen molar-refractivity contribution in [2.45, 2.75) is 40.2 Å². The van der Waals surface area contributed by atoms with Crippen LogP contribution in [0, 0.1) is 6.92 Å². The first-order chi connectivity index (χ1) is 8.04. The van der Waals surface area contributed by atoms with Gasteiger partial charge in [-0.3, -0.25) is 4.79 Å². The van der Waals surface area contributed by atoms with E-state index < -0.39 is 0 Å². The summed E-state index contributed by atoms with van der Waals surface area (Å²) < 4.78 is 0. The van der Waals surface area contributed by atoms with Crippen LogP contribution in [0.1, 0.15) is 43.4 Å². The van der Waals surface area contributed by atoms with Gasteiger partial charge in [0.25, 0.3) is 0 Å². The predicted molar refractivity (Wildman–Crippen MR) is 69.9 cm³/mol. The molecule has 4 nitrogen and oxygen atoms in total. The van der Waals surface area contributed by atoms with Gasteiger partial charge in [0.2, 0.25) is 0 Å². The Morgan fingerprint density at radius 2 is 2.06 bits per heavy atom. The van der Waals surface area contributed by atoms with Gasteiger partial charge in [-0.2, -0.15) is 0 Å². The fourth-order valence-electron chi connectivity index (χ4n) is 1.74. The van der Waals surface area contributed by atoms with Gasteiger partial charge in [0.15, 0.2) is 6.29 Å². The van der Waals surface area contributed by atoms with E-state index in [0.29, 0.717) is 23.2 Å². The van der Waals surface area contributed by atoms with Gasteiger partial charge in [-0.25, -0.2) is 9.97 Å². The highest BCUT2D eigenvalue weighted by Gasteiger charge is 2.19. The van der Waals surface area contributed by atoms with Gasteiger partial charge in [0, 0.05) is 12.6 Å². The topological polar surface area (TPSA) is 46.1 Å². The summed E-state index contributed by atoms with van der Waals surface area (Å²) in [4.78, 5) is 21.5. The minimum absolute atomic E-state index is 0.226. The Hall–Kier alpha value is -1.16. The maximum Gasteiger partial charge on any atom is 0.156 e. The molecule has 0 saturated carbocycles. The molecule has 17 heavy (non-hydrogen) atoms. The van der Waals surface area contributed by atoms with Crippen LogP contribution in [-0.2, 0) is 0 Å². The first-order valence-electron chi connectivity index (χ1n) is 5.81. The zero-order chi connectivity index (χ0) is 13.0. The second-order valence-electron chi connectivity index (χ2n) is 3.96. The second-order valence-corrected chi connectivity index (χ2v) is 4.32. The second kappa shape index (κ2) is 5.96. The van der Waals surface area contributed by atoms with Crippen molar-refractivity contribution in [2.24, 2.45) is 0 Å². The Labute approximate surface area is 107 Å². The van der Waals surface area contributed by atoms with Crippen molar-refractivity contribution in [2.75, 3.05) is 11.4 Å². The van der Waals surface area contributed by atoms with Crippen LogP contribution >= 0.6 is 11.6 Å². The summed E-state index contributed by atoms with van der Waals surface area (Å²) in [7, 11) is 0. The van der Waals surface area contributed by atoms with E-state index in [9.17, 15) is 4.79 Å². The summed E-state index contributed by atoms with van der Waals surface area (Å²) in [6, 6.07) is 0.309. The molecule has 0 radical (unpaired) electrons. The molecule has 1 aromatic rings. The van der Waals surface area contributed by atoms with E-state index in [-0.39, 0.29) is 5.15 Å². The van der Waals surface area contributed by atoms with Gasteiger partial charge >= 0.3 is 0 Å². The lowest BCUT2D eigenvalue weighted by Crippen LogP contribution is -2.34. The number of hydrogen-bond donors (Lipinski definition) is 0. The van der Waals surface area contributed by atoms with Crippen LogP contribution in [-0.4, -0.2) is 28.8 Å². The van der Waals surface area contributed by atoms with Crippen molar-refractivity contribution < 1.29 is 4.79 Å². The summed E-state index contributed by atoms with van der Waals surface area (Å²) in [6.07, 6.45) is 1.70. The Balaban J connectivity index is 3.31. The number of carbonyl (C=O) groups is 1. The van der Waals surface area contributed by atoms with E-state index in [2.05, 4.69) is 28.7 Å². The molecule has 0 aliphatic rings. The van der Waals surface area contributed by atoms with Crippen LogP contribution in [0.4, 0.5) is 5.82 Å². The average molecular weight is 256 g/mol. The van der Waals surface area contributed by atoms with E-state index in [1.807, 2.05) is 6.92 Å². The first kappa shape index (κ1) is 13.9. The molecule has 1 rings (SSSR count). The molecule has 0 saturated heterocycles. The molecule has 0 aliphatic heterocycles. The normalized spacial score (nSPS) is 12.3. The van der Waals surface area contributed by atoms with Gasteiger partial charge < -0.3 is 4.90 Å². The first-order valence-corrected chi connectivity index (χ1v) is 6.18. The van der Waals surface area contributed by atoms with Gasteiger partial charge in [-0.05, 0) is 27.2 Å². The molecule has 0 spiro atoms. The average Bonchev–Trinajstić information content (AvgIpc) is 2.29. The highest BCUT2D eigenvalue weighted by molar-refractivity contribution is 6.32. The molecule has 0 fully saturated rings. The molecule has 0 N–H and O–H groups in total. The fraction of sp³-hybridized carbons (Fsp3) is 0.583. The van der Waals surface area contributed by atoms with Crippen LogP contribution in [0.25, 0.3) is 0 Å². The molecule has 94 valence electrons. The van der Waals surface area contributed by atoms with E-state index in [1.54, 1.807) is 6.92 Å². The molecule has 1 heterocycles. The molecule has 0 aliphatic carbocycles. The molecule has 0 bridgehead atoms. The fourth-order valence-corrected chi connectivity index (χ4v) is 2.00. The monoisotopic (exact) mass is 255 g/mol. The molecule has 1 unspecified atom stereocenters. The summed E-state index contributed by atoms with van der Waals surface area (Å²) >= 11 is 5.97. The van der Waals surface area contributed by atoms with Crippen molar-refractivity contribution in [3.8, 4) is 0 Å². The van der Waals surface area contributed by atoms with Crippen molar-refractivity contribution in [1.29, 1.82) is 0 Å². The highest BCUT2D eigenvalue weighted by Crippen LogP contribution is 2.24. The van der Waals surface area contributed by atoms with Gasteiger partial charge in [-0.1, -0.05) is 18.5 Å². The van der Waals surface area contributed by atoms with Gasteiger partial charge in [0.1, 0.15) is 16.8 Å². The van der Waals surface area contributed by atoms with Crippen LogP contribution < -0.4 is 4.90 Å². The molecular formula is C12H18ClN3O. The number of carbonyl (C=O) groups excluding carboxylic acids is 1. The van der Waals surface area contributed by atoms with E-state index in [4.69, 9.17) is 11.6 Å². The van der Waals surface area contributed by atoms with Gasteiger partial charge in [0.05, 0.1) is 5.56 Å². The lowest BCUT2D eigenvalue weighted by molar-refractivity contribution is 0.112. The SMILES string of the molecule is CCC(C)N(CC)c1nc(C)nc(Cl)c1C=O. The Morgan fingerprint density at radius 1 is 1.41 bits per heavy atom. The summed E-state index contributed by atoms with van der Waals surface area (Å²) in [5.41, 5.74) is 0.374. The van der Waals surface area contributed by atoms with Crippen LogP contribution in [0.3, 0.4) is 0 Å². The number of nitrogens with zero attached hydrogens (tertiary/aromatic N) is 3. The number of halogens is 1. The molecule has 0 amide bonds. The molecule has 1 aromatic heterocycles. The molecular weight excluding hydrogens is 238 g/mol. The minimum atomic E-state index is 0.226. The van der Waals surface area contributed by atoms with Gasteiger partial charge in [-0.15, -0.1) is 0 Å². The lowest BCUT2D eigenvalue weighted by atomic mass is 10.2. The largest absolute Gasteiger partial charge is 0.353 e. The molecule has 0 aromatic carbocycles. The smallest absolute Gasteiger partial charge is 0.156 e. The summed E-state index contributed by atoms with van der Waals surface area (Å²) in [5, 5.41) is 0.226. The van der Waals surface area contributed by atoms with E-state index in [0.717, 1.165) is 19.3 Å². The van der Waals surface area contributed by atoms with Crippen molar-refractivity contribution in [3.05, 3.63) is 16.5 Å². The van der Waals surface area contributed by atoms with Crippen molar-refractivity contribution in [3.63, 3.8) is 0 Å². The summed E-state index contributed by atoms with van der Waals surface area (Å²) in [5.74, 6) is 1.21. The van der Waals surface area contributed by atoms with Crippen molar-refractivity contribution >= 4 is 23.7 Å². The standard InChI is InChI=1S/C12H18ClN3O/c1-5-8(3)16(6-2)12-10(7-17)11(13)14-9(4)15-12/h7-8H,5-6H2,1-4H3. The summed E-state index contributed by atoms with van der Waals surface area (Å²) in [6.45, 7) is 8.79. The number of aromatic nitrogens is 2. The number of hydrogen-bond acceptors (Lipinski definition) is 4. The molecule has 5 heteroatoms. The number of aldehydes is 1. The van der Waals surface area contributed by atoms with E-state index >= 15 is 0 Å². The predicted octanol–water partition coefficient (Wildman–Crippen LogP) is 2.88. The Morgan fingerprint density at radius 3 is 2.53 bits per heavy atom. The quantitative estimate of drug-likeness (QED) is 0.600. The van der Waals surface area contributed by atoms with E-state index in [1.165, 1.54) is 0 Å².